The van der Waals surface area contributed by atoms with Crippen LogP contribution in [0.2, 0.25) is 0 Å². The molecule has 12 heavy (non-hydrogen) atoms. The van der Waals surface area contributed by atoms with E-state index in [2.05, 4.69) is 11.1 Å². The van der Waals surface area contributed by atoms with Crippen LogP contribution in [0.15, 0.2) is 0 Å². The Labute approximate surface area is 78.7 Å². The molecule has 1 radical (unpaired) electrons. The molecule has 0 saturated carbocycles. The standard InChI is InChI=1S/C7H14ClO3S/c1-4-5-7(2,3)6-11-12(8,9)10/h1,4-6H2,2-3H3. The molecule has 0 aromatic heterocycles. The zero-order valence-electron chi connectivity index (χ0n) is 7.34. The van der Waals surface area contributed by atoms with E-state index in [0.717, 1.165) is 12.8 Å². The molecule has 0 atom stereocenters. The minimum atomic E-state index is -3.82. The fourth-order valence-electron chi connectivity index (χ4n) is 0.781. The minimum Gasteiger partial charge on any atom is -0.257 e. The van der Waals surface area contributed by atoms with Crippen LogP contribution in [0.3, 0.4) is 0 Å². The van der Waals surface area contributed by atoms with Crippen LogP contribution < -0.4 is 0 Å². The summed E-state index contributed by atoms with van der Waals surface area (Å²) < 4.78 is 25.3. The van der Waals surface area contributed by atoms with Gasteiger partial charge in [0.25, 0.3) is 0 Å². The summed E-state index contributed by atoms with van der Waals surface area (Å²) in [6.07, 6.45) is 1.55. The van der Waals surface area contributed by atoms with Crippen molar-refractivity contribution in [3.05, 3.63) is 6.92 Å². The van der Waals surface area contributed by atoms with Crippen molar-refractivity contribution in [1.82, 2.24) is 0 Å². The Morgan fingerprint density at radius 1 is 1.50 bits per heavy atom. The lowest BCUT2D eigenvalue weighted by Crippen LogP contribution is -2.20. The number of hydrogen-bond acceptors (Lipinski definition) is 3. The zero-order valence-corrected chi connectivity index (χ0v) is 8.91. The predicted octanol–water partition coefficient (Wildman–Crippen LogP) is 2.13. The van der Waals surface area contributed by atoms with Crippen molar-refractivity contribution in [3.8, 4) is 0 Å². The van der Waals surface area contributed by atoms with Crippen molar-refractivity contribution in [2.75, 3.05) is 6.61 Å². The highest BCUT2D eigenvalue weighted by molar-refractivity contribution is 8.09. The summed E-state index contributed by atoms with van der Waals surface area (Å²) in [6.45, 7) is 7.59. The first kappa shape index (κ1) is 12.2. The quantitative estimate of drug-likeness (QED) is 0.658. The second-order valence-electron chi connectivity index (χ2n) is 3.42. The summed E-state index contributed by atoms with van der Waals surface area (Å²) in [5.74, 6) is 0. The topological polar surface area (TPSA) is 43.4 Å². The van der Waals surface area contributed by atoms with Crippen molar-refractivity contribution >= 4 is 20.0 Å². The SMILES string of the molecule is [CH2]CCC(C)(C)COS(=O)(=O)Cl. The van der Waals surface area contributed by atoms with Gasteiger partial charge in [0.05, 0.1) is 6.61 Å². The predicted molar refractivity (Wildman–Crippen MR) is 49.1 cm³/mol. The van der Waals surface area contributed by atoms with Crippen LogP contribution in [-0.4, -0.2) is 15.0 Å². The fourth-order valence-corrected chi connectivity index (χ4v) is 1.37. The molecule has 0 spiro atoms. The van der Waals surface area contributed by atoms with Crippen molar-refractivity contribution < 1.29 is 12.6 Å². The lowest BCUT2D eigenvalue weighted by atomic mass is 9.89. The first-order valence-electron chi connectivity index (χ1n) is 3.65. The van der Waals surface area contributed by atoms with Crippen LogP contribution >= 0.6 is 10.7 Å². The molecule has 0 aromatic carbocycles. The third kappa shape index (κ3) is 6.88. The number of hydrogen-bond donors (Lipinski definition) is 0. The Kier molecular flexibility index (Phi) is 4.51. The molecule has 3 nitrogen and oxygen atoms in total. The van der Waals surface area contributed by atoms with Crippen LogP contribution in [0.5, 0.6) is 0 Å². The third-order valence-corrected chi connectivity index (χ3v) is 2.11. The molecule has 0 aliphatic carbocycles. The maximum Gasteiger partial charge on any atom is 0.355 e. The molecule has 0 fully saturated rings. The van der Waals surface area contributed by atoms with Gasteiger partial charge in [-0.05, 0) is 11.8 Å². The Morgan fingerprint density at radius 2 is 2.00 bits per heavy atom. The van der Waals surface area contributed by atoms with E-state index in [-0.39, 0.29) is 12.0 Å². The molecule has 0 rings (SSSR count). The van der Waals surface area contributed by atoms with E-state index < -0.39 is 9.33 Å². The maximum absolute atomic E-state index is 10.4. The fraction of sp³-hybridized carbons (Fsp3) is 0.857. The molecule has 0 N–H and O–H groups in total. The van der Waals surface area contributed by atoms with E-state index in [1.807, 2.05) is 13.8 Å². The molecule has 0 heterocycles. The molecule has 0 amide bonds. The van der Waals surface area contributed by atoms with Crippen LogP contribution in [-0.2, 0) is 13.5 Å². The summed E-state index contributed by atoms with van der Waals surface area (Å²) in [5.41, 5.74) is -0.191. The van der Waals surface area contributed by atoms with Crippen LogP contribution in [0.1, 0.15) is 26.7 Å². The van der Waals surface area contributed by atoms with Crippen molar-refractivity contribution in [3.63, 3.8) is 0 Å². The number of halogens is 1. The Morgan fingerprint density at radius 3 is 2.33 bits per heavy atom. The molecule has 0 aliphatic rings. The van der Waals surface area contributed by atoms with Crippen LogP contribution in [0.4, 0.5) is 0 Å². The molecule has 0 aliphatic heterocycles. The molecule has 0 aromatic rings. The van der Waals surface area contributed by atoms with Gasteiger partial charge in [0.1, 0.15) is 0 Å². The van der Waals surface area contributed by atoms with Crippen molar-refractivity contribution in [1.29, 1.82) is 0 Å². The van der Waals surface area contributed by atoms with Gasteiger partial charge in [-0.1, -0.05) is 27.2 Å². The van der Waals surface area contributed by atoms with Gasteiger partial charge < -0.3 is 0 Å². The molecular formula is C7H14ClO3S. The second-order valence-corrected chi connectivity index (χ2v) is 5.58. The van der Waals surface area contributed by atoms with Crippen LogP contribution in [0, 0.1) is 12.3 Å². The molecule has 0 bridgehead atoms. The third-order valence-electron chi connectivity index (χ3n) is 1.44. The monoisotopic (exact) mass is 213 g/mol. The van der Waals surface area contributed by atoms with Gasteiger partial charge >= 0.3 is 9.33 Å². The average Bonchev–Trinajstić information content (AvgIpc) is 1.83. The normalized spacial score (nSPS) is 13.3. The Balaban J connectivity index is 3.92. The van der Waals surface area contributed by atoms with E-state index in [4.69, 9.17) is 10.7 Å². The molecule has 73 valence electrons. The Hall–Kier alpha value is 0.200. The maximum atomic E-state index is 10.4. The minimum absolute atomic E-state index is 0.106. The van der Waals surface area contributed by atoms with Gasteiger partial charge in [0.15, 0.2) is 0 Å². The summed E-state index contributed by atoms with van der Waals surface area (Å²) in [4.78, 5) is 0. The highest BCUT2D eigenvalue weighted by Gasteiger charge is 2.20. The van der Waals surface area contributed by atoms with E-state index in [0.29, 0.717) is 0 Å². The molecule has 0 unspecified atom stereocenters. The molecule has 0 saturated heterocycles. The first-order chi connectivity index (χ1) is 5.27. The highest BCUT2D eigenvalue weighted by Crippen LogP contribution is 2.23. The lowest BCUT2D eigenvalue weighted by Gasteiger charge is -2.21. The van der Waals surface area contributed by atoms with Gasteiger partial charge in [0, 0.05) is 10.7 Å². The smallest absolute Gasteiger partial charge is 0.257 e. The summed E-state index contributed by atoms with van der Waals surface area (Å²) in [6, 6.07) is 0. The Bertz CT molecular complexity index is 221. The van der Waals surface area contributed by atoms with E-state index in [1.165, 1.54) is 0 Å². The van der Waals surface area contributed by atoms with Gasteiger partial charge in [-0.3, -0.25) is 4.18 Å². The van der Waals surface area contributed by atoms with E-state index in [1.54, 1.807) is 0 Å². The highest BCUT2D eigenvalue weighted by atomic mass is 35.7. The first-order valence-corrected chi connectivity index (χ1v) is 5.88. The summed E-state index contributed by atoms with van der Waals surface area (Å²) in [5, 5.41) is 0. The van der Waals surface area contributed by atoms with Gasteiger partial charge in [-0.25, -0.2) is 0 Å². The van der Waals surface area contributed by atoms with Gasteiger partial charge in [-0.15, -0.1) is 0 Å². The van der Waals surface area contributed by atoms with E-state index in [9.17, 15) is 8.42 Å². The van der Waals surface area contributed by atoms with Gasteiger partial charge in [0.2, 0.25) is 0 Å². The van der Waals surface area contributed by atoms with Crippen molar-refractivity contribution in [2.24, 2.45) is 5.41 Å². The largest absolute Gasteiger partial charge is 0.355 e. The number of rotatable bonds is 5. The average molecular weight is 214 g/mol. The lowest BCUT2D eigenvalue weighted by molar-refractivity contribution is 0.180. The summed E-state index contributed by atoms with van der Waals surface area (Å²) >= 11 is 0. The molecule has 5 heteroatoms. The zero-order chi connectivity index (χ0) is 9.83. The van der Waals surface area contributed by atoms with Gasteiger partial charge in [-0.2, -0.15) is 8.42 Å². The summed E-state index contributed by atoms with van der Waals surface area (Å²) in [7, 11) is 1.05. The van der Waals surface area contributed by atoms with E-state index >= 15 is 0 Å². The van der Waals surface area contributed by atoms with Crippen LogP contribution in [0.25, 0.3) is 0 Å². The second kappa shape index (κ2) is 4.44. The van der Waals surface area contributed by atoms with Crippen molar-refractivity contribution in [2.45, 2.75) is 26.7 Å². The molecular weight excluding hydrogens is 200 g/mol.